The highest BCUT2D eigenvalue weighted by Gasteiger charge is 2.22. The van der Waals surface area contributed by atoms with E-state index in [-0.39, 0.29) is 12.5 Å². The normalized spacial score (nSPS) is 11.5. The van der Waals surface area contributed by atoms with Gasteiger partial charge in [-0.15, -0.1) is 11.3 Å². The van der Waals surface area contributed by atoms with Crippen molar-refractivity contribution in [2.24, 2.45) is 0 Å². The zero-order valence-corrected chi connectivity index (χ0v) is 16.1. The number of benzene rings is 1. The Morgan fingerprint density at radius 3 is 2.58 bits per heavy atom. The third kappa shape index (κ3) is 4.98. The van der Waals surface area contributed by atoms with Gasteiger partial charge in [0.15, 0.2) is 6.10 Å². The van der Waals surface area contributed by atoms with Crippen LogP contribution in [0.2, 0.25) is 0 Å². The van der Waals surface area contributed by atoms with Gasteiger partial charge in [0.25, 0.3) is 5.91 Å². The molecule has 140 valence electrons. The fourth-order valence-electron chi connectivity index (χ4n) is 2.22. The number of amides is 1. The average molecular weight is 377 g/mol. The Hall–Kier alpha value is -2.54. The smallest absolute Gasteiger partial charge is 0.341 e. The van der Waals surface area contributed by atoms with Crippen LogP contribution in [0, 0.1) is 0 Å². The number of aryl methyl sites for hydroxylation is 1. The van der Waals surface area contributed by atoms with Crippen LogP contribution in [0.4, 0.5) is 5.00 Å². The minimum absolute atomic E-state index is 0.277. The fourth-order valence-corrected chi connectivity index (χ4v) is 3.20. The van der Waals surface area contributed by atoms with E-state index < -0.39 is 12.1 Å². The van der Waals surface area contributed by atoms with Crippen molar-refractivity contribution >= 4 is 28.2 Å². The number of thiophene rings is 1. The monoisotopic (exact) mass is 377 g/mol. The van der Waals surface area contributed by atoms with Crippen molar-refractivity contribution in [3.8, 4) is 11.5 Å². The van der Waals surface area contributed by atoms with Crippen LogP contribution in [0.5, 0.6) is 11.5 Å². The molecule has 0 aliphatic heterocycles. The molecule has 1 heterocycles. The molecular weight excluding hydrogens is 354 g/mol. The second-order valence-electron chi connectivity index (χ2n) is 5.46. The quantitative estimate of drug-likeness (QED) is 0.706. The Labute approximate surface area is 157 Å². The van der Waals surface area contributed by atoms with Gasteiger partial charge in [-0.1, -0.05) is 13.0 Å². The topological polar surface area (TPSA) is 73.9 Å². The number of ether oxygens (including phenoxy) is 3. The summed E-state index contributed by atoms with van der Waals surface area (Å²) in [5.74, 6) is 0.381. The maximum Gasteiger partial charge on any atom is 0.341 e. The standard InChI is InChI=1S/C19H23NO5S/c1-5-15-11-16(19(22)24-6-2)18(26-15)20-17(21)12(3)25-14-9-7-8-13(10-14)23-4/h7-12H,5-6H2,1-4H3,(H,20,21). The molecular formula is C19H23NO5S. The predicted molar refractivity (Wildman–Crippen MR) is 101 cm³/mol. The summed E-state index contributed by atoms with van der Waals surface area (Å²) in [7, 11) is 1.56. The molecule has 0 spiro atoms. The molecule has 0 saturated heterocycles. The summed E-state index contributed by atoms with van der Waals surface area (Å²) in [6.07, 6.45) is 0.0207. The van der Waals surface area contributed by atoms with E-state index >= 15 is 0 Å². The van der Waals surface area contributed by atoms with E-state index in [1.807, 2.05) is 6.92 Å². The van der Waals surface area contributed by atoms with Crippen LogP contribution in [-0.2, 0) is 16.0 Å². The molecule has 1 atom stereocenters. The van der Waals surface area contributed by atoms with Crippen LogP contribution >= 0.6 is 11.3 Å². The van der Waals surface area contributed by atoms with Crippen molar-refractivity contribution in [1.82, 2.24) is 0 Å². The van der Waals surface area contributed by atoms with Crippen molar-refractivity contribution < 1.29 is 23.8 Å². The van der Waals surface area contributed by atoms with E-state index in [0.29, 0.717) is 22.1 Å². The Morgan fingerprint density at radius 2 is 1.92 bits per heavy atom. The molecule has 2 aromatic rings. The zero-order valence-electron chi connectivity index (χ0n) is 15.3. The molecule has 1 N–H and O–H groups in total. The molecule has 7 heteroatoms. The Morgan fingerprint density at radius 1 is 1.19 bits per heavy atom. The largest absolute Gasteiger partial charge is 0.497 e. The summed E-state index contributed by atoms with van der Waals surface area (Å²) in [6, 6.07) is 8.78. The van der Waals surface area contributed by atoms with Crippen molar-refractivity contribution in [3.05, 3.63) is 40.8 Å². The molecule has 0 saturated carbocycles. The second kappa shape index (κ2) is 9.24. The number of carbonyl (C=O) groups is 2. The minimum Gasteiger partial charge on any atom is -0.497 e. The van der Waals surface area contributed by atoms with Crippen LogP contribution in [0.3, 0.4) is 0 Å². The summed E-state index contributed by atoms with van der Waals surface area (Å²) in [6.45, 7) is 5.65. The van der Waals surface area contributed by atoms with Crippen LogP contribution in [-0.4, -0.2) is 31.7 Å². The van der Waals surface area contributed by atoms with E-state index in [9.17, 15) is 9.59 Å². The molecule has 0 aliphatic carbocycles. The SMILES string of the molecule is CCOC(=O)c1cc(CC)sc1NC(=O)C(C)Oc1cccc(OC)c1. The lowest BCUT2D eigenvalue weighted by Crippen LogP contribution is -2.30. The van der Waals surface area contributed by atoms with Gasteiger partial charge in [-0.3, -0.25) is 4.79 Å². The number of hydrogen-bond donors (Lipinski definition) is 1. The summed E-state index contributed by atoms with van der Waals surface area (Å²) in [5.41, 5.74) is 0.371. The third-order valence-corrected chi connectivity index (χ3v) is 4.78. The molecule has 6 nitrogen and oxygen atoms in total. The van der Waals surface area contributed by atoms with Gasteiger partial charge in [0.05, 0.1) is 19.3 Å². The number of methoxy groups -OCH3 is 1. The fraction of sp³-hybridized carbons (Fsp3) is 0.368. The average Bonchev–Trinajstić information content (AvgIpc) is 3.05. The number of hydrogen-bond acceptors (Lipinski definition) is 6. The van der Waals surface area contributed by atoms with Crippen molar-refractivity contribution in [1.29, 1.82) is 0 Å². The lowest BCUT2D eigenvalue weighted by atomic mass is 10.2. The van der Waals surface area contributed by atoms with E-state index in [1.165, 1.54) is 11.3 Å². The molecule has 1 amide bonds. The first-order valence-corrected chi connectivity index (χ1v) is 9.21. The van der Waals surface area contributed by atoms with Gasteiger partial charge in [0.2, 0.25) is 0 Å². The number of anilines is 1. The number of carbonyl (C=O) groups excluding carboxylic acids is 2. The van der Waals surface area contributed by atoms with Crippen molar-refractivity contribution in [2.75, 3.05) is 19.0 Å². The lowest BCUT2D eigenvalue weighted by molar-refractivity contribution is -0.122. The highest BCUT2D eigenvalue weighted by Crippen LogP contribution is 2.30. The maximum absolute atomic E-state index is 12.5. The molecule has 0 radical (unpaired) electrons. The minimum atomic E-state index is -0.746. The van der Waals surface area contributed by atoms with Crippen LogP contribution in [0.1, 0.15) is 36.0 Å². The van der Waals surface area contributed by atoms with E-state index in [2.05, 4.69) is 5.32 Å². The molecule has 1 aromatic heterocycles. The molecule has 1 unspecified atom stereocenters. The van der Waals surface area contributed by atoms with Gasteiger partial charge in [0.1, 0.15) is 16.5 Å². The first kappa shape index (κ1) is 19.8. The van der Waals surface area contributed by atoms with Gasteiger partial charge >= 0.3 is 5.97 Å². The third-order valence-electron chi connectivity index (χ3n) is 3.59. The Bertz CT molecular complexity index is 771. The Kier molecular flexibility index (Phi) is 7.03. The number of nitrogens with one attached hydrogen (secondary N) is 1. The zero-order chi connectivity index (χ0) is 19.1. The molecule has 2 rings (SSSR count). The van der Waals surface area contributed by atoms with Gasteiger partial charge in [-0.25, -0.2) is 4.79 Å². The van der Waals surface area contributed by atoms with Crippen molar-refractivity contribution in [3.63, 3.8) is 0 Å². The summed E-state index contributed by atoms with van der Waals surface area (Å²) in [5, 5.41) is 3.25. The molecule has 0 bridgehead atoms. The first-order chi connectivity index (χ1) is 12.5. The van der Waals surface area contributed by atoms with Crippen molar-refractivity contribution in [2.45, 2.75) is 33.3 Å². The number of rotatable bonds is 8. The molecule has 0 aliphatic rings. The highest BCUT2D eigenvalue weighted by molar-refractivity contribution is 7.16. The van der Waals surface area contributed by atoms with Gasteiger partial charge < -0.3 is 19.5 Å². The van der Waals surface area contributed by atoms with Crippen LogP contribution in [0.25, 0.3) is 0 Å². The summed E-state index contributed by atoms with van der Waals surface area (Å²) >= 11 is 1.36. The van der Waals surface area contributed by atoms with Gasteiger partial charge in [0, 0.05) is 10.9 Å². The van der Waals surface area contributed by atoms with Gasteiger partial charge in [-0.2, -0.15) is 0 Å². The lowest BCUT2D eigenvalue weighted by Gasteiger charge is -2.15. The van der Waals surface area contributed by atoms with Crippen LogP contribution < -0.4 is 14.8 Å². The molecule has 26 heavy (non-hydrogen) atoms. The number of esters is 1. The maximum atomic E-state index is 12.5. The first-order valence-electron chi connectivity index (χ1n) is 8.39. The van der Waals surface area contributed by atoms with E-state index in [4.69, 9.17) is 14.2 Å². The Balaban J connectivity index is 2.10. The van der Waals surface area contributed by atoms with E-state index in [0.717, 1.165) is 11.3 Å². The highest BCUT2D eigenvalue weighted by atomic mass is 32.1. The van der Waals surface area contributed by atoms with Gasteiger partial charge in [-0.05, 0) is 38.5 Å². The second-order valence-corrected chi connectivity index (χ2v) is 6.59. The molecule has 0 fully saturated rings. The van der Waals surface area contributed by atoms with Crippen LogP contribution in [0.15, 0.2) is 30.3 Å². The van der Waals surface area contributed by atoms with E-state index in [1.54, 1.807) is 51.3 Å². The predicted octanol–water partition coefficient (Wildman–Crippen LogP) is 3.90. The summed E-state index contributed by atoms with van der Waals surface area (Å²) < 4.78 is 15.9. The molecule has 1 aromatic carbocycles. The summed E-state index contributed by atoms with van der Waals surface area (Å²) in [4.78, 5) is 25.6.